The predicted molar refractivity (Wildman–Crippen MR) is 120 cm³/mol. The number of benzene rings is 2. The van der Waals surface area contributed by atoms with Gasteiger partial charge in [0.1, 0.15) is 5.56 Å². The van der Waals surface area contributed by atoms with Crippen LogP contribution in [0.3, 0.4) is 0 Å². The molecule has 0 saturated carbocycles. The molecule has 4 N–H and O–H groups in total. The fourth-order valence-electron chi connectivity index (χ4n) is 3.18. The van der Waals surface area contributed by atoms with Gasteiger partial charge >= 0.3 is 5.69 Å². The van der Waals surface area contributed by atoms with Gasteiger partial charge in [0, 0.05) is 44.2 Å². The number of carbonyl (C=O) groups is 1. The third-order valence-corrected chi connectivity index (χ3v) is 4.92. The van der Waals surface area contributed by atoms with E-state index in [0.717, 1.165) is 11.1 Å². The highest BCUT2D eigenvalue weighted by Crippen LogP contribution is 2.26. The number of nitroso groups, excluding NO2 is 1. The van der Waals surface area contributed by atoms with Crippen LogP contribution in [-0.2, 0) is 7.05 Å². The summed E-state index contributed by atoms with van der Waals surface area (Å²) in [6.45, 7) is 1.78. The minimum absolute atomic E-state index is 0.0464. The molecule has 1 amide bonds. The molecule has 0 bridgehead atoms. The van der Waals surface area contributed by atoms with Crippen molar-refractivity contribution in [1.82, 2.24) is 14.5 Å². The highest BCUT2D eigenvalue weighted by Gasteiger charge is 2.25. The first-order valence-corrected chi connectivity index (χ1v) is 9.77. The number of likely N-dealkylation sites (N-methyl/N-ethyl adjacent to an activating group) is 1. The van der Waals surface area contributed by atoms with Crippen LogP contribution < -0.4 is 16.7 Å². The van der Waals surface area contributed by atoms with Gasteiger partial charge in [0.2, 0.25) is 0 Å². The number of carbonyl (C=O) groups excluding carboxylic acids is 1. The number of nitrogens with two attached hydrogens (primary N) is 1. The quantitative estimate of drug-likeness (QED) is 0.291. The van der Waals surface area contributed by atoms with Crippen LogP contribution in [0.4, 0.5) is 17.2 Å². The summed E-state index contributed by atoms with van der Waals surface area (Å²) in [4.78, 5) is 42.9. The SMILES string of the molecule is Cc1[c]cccc1-c1cn(C)c(=O)c(Nc2ccc(C(=O)N(C)CCO)c([N+](N)=O)c2)n1. The Labute approximate surface area is 184 Å². The van der Waals surface area contributed by atoms with E-state index in [0.29, 0.717) is 11.4 Å². The second-order valence-electron chi connectivity index (χ2n) is 7.23. The Morgan fingerprint density at radius 2 is 2.12 bits per heavy atom. The van der Waals surface area contributed by atoms with Crippen molar-refractivity contribution in [1.29, 1.82) is 0 Å². The Bertz CT molecular complexity index is 1240. The number of nitrogens with zero attached hydrogens (tertiary/aromatic N) is 4. The van der Waals surface area contributed by atoms with Gasteiger partial charge in [-0.05, 0) is 30.7 Å². The lowest BCUT2D eigenvalue weighted by Crippen LogP contribution is -2.30. The van der Waals surface area contributed by atoms with E-state index in [4.69, 9.17) is 10.9 Å². The zero-order valence-corrected chi connectivity index (χ0v) is 18.0. The first kappa shape index (κ1) is 22.6. The molecule has 3 rings (SSSR count). The van der Waals surface area contributed by atoms with Gasteiger partial charge in [-0.15, -0.1) is 0 Å². The molecule has 165 valence electrons. The molecule has 10 nitrogen and oxygen atoms in total. The lowest BCUT2D eigenvalue weighted by molar-refractivity contribution is -0.474. The fourth-order valence-corrected chi connectivity index (χ4v) is 3.18. The Morgan fingerprint density at radius 3 is 2.78 bits per heavy atom. The Hall–Kier alpha value is -4.05. The highest BCUT2D eigenvalue weighted by molar-refractivity contribution is 5.98. The average Bonchev–Trinajstić information content (AvgIpc) is 2.76. The number of amides is 1. The maximum absolute atomic E-state index is 12.6. The maximum Gasteiger partial charge on any atom is 0.306 e. The third-order valence-electron chi connectivity index (χ3n) is 4.92. The summed E-state index contributed by atoms with van der Waals surface area (Å²) >= 11 is 0. The zero-order valence-electron chi connectivity index (χ0n) is 18.0. The van der Waals surface area contributed by atoms with Crippen LogP contribution in [-0.4, -0.2) is 50.5 Å². The summed E-state index contributed by atoms with van der Waals surface area (Å²) in [7, 11) is 3.12. The van der Waals surface area contributed by atoms with Crippen molar-refractivity contribution in [2.24, 2.45) is 12.9 Å². The van der Waals surface area contributed by atoms with Crippen molar-refractivity contribution in [2.45, 2.75) is 6.92 Å². The van der Waals surface area contributed by atoms with Gasteiger partial charge < -0.3 is 19.9 Å². The van der Waals surface area contributed by atoms with E-state index >= 15 is 0 Å². The van der Waals surface area contributed by atoms with Crippen LogP contribution >= 0.6 is 0 Å². The monoisotopic (exact) mass is 436 g/mol. The van der Waals surface area contributed by atoms with Crippen LogP contribution in [0.25, 0.3) is 11.3 Å². The molecule has 10 heteroatoms. The van der Waals surface area contributed by atoms with Gasteiger partial charge in [-0.3, -0.25) is 9.59 Å². The van der Waals surface area contributed by atoms with E-state index in [2.05, 4.69) is 16.4 Å². The van der Waals surface area contributed by atoms with Crippen LogP contribution in [0.15, 0.2) is 47.4 Å². The molecular weight excluding hydrogens is 412 g/mol. The van der Waals surface area contributed by atoms with E-state index in [-0.39, 0.29) is 40.6 Å². The standard InChI is InChI=1S/C22H23N6O4/c1-14-6-4-5-7-16(14)18-13-27(3)22(31)20(25-18)24-15-8-9-17(19(12-15)28(23)32)21(30)26(2)10-11-29/h4-5,7-9,12-13,29H,10-11H2,1-3H3,(H2-,23,24,25,30,32)/p+1. The van der Waals surface area contributed by atoms with Crippen LogP contribution in [0.5, 0.6) is 0 Å². The van der Waals surface area contributed by atoms with Crippen molar-refractivity contribution >= 4 is 23.1 Å². The van der Waals surface area contributed by atoms with Gasteiger partial charge in [-0.1, -0.05) is 18.2 Å². The lowest BCUT2D eigenvalue weighted by atomic mass is 10.1. The number of hydrazine groups is 1. The minimum atomic E-state index is -0.473. The molecule has 0 aliphatic carbocycles. The first-order chi connectivity index (χ1) is 15.2. The van der Waals surface area contributed by atoms with Gasteiger partial charge in [-0.25, -0.2) is 4.98 Å². The van der Waals surface area contributed by atoms with Gasteiger partial charge in [0.25, 0.3) is 11.5 Å². The molecule has 3 aromatic rings. The predicted octanol–water partition coefficient (Wildman–Crippen LogP) is 1.65. The molecule has 0 unspecified atom stereocenters. The highest BCUT2D eigenvalue weighted by atomic mass is 16.3. The summed E-state index contributed by atoms with van der Waals surface area (Å²) in [5.74, 6) is 4.98. The van der Waals surface area contributed by atoms with E-state index in [1.165, 1.54) is 28.6 Å². The summed E-state index contributed by atoms with van der Waals surface area (Å²) < 4.78 is 1.41. The molecule has 2 aromatic carbocycles. The average molecular weight is 436 g/mol. The Morgan fingerprint density at radius 1 is 1.38 bits per heavy atom. The summed E-state index contributed by atoms with van der Waals surface area (Å²) in [6, 6.07) is 13.0. The number of aromatic nitrogens is 2. The third kappa shape index (κ3) is 4.65. The number of rotatable bonds is 7. The molecule has 1 aromatic heterocycles. The van der Waals surface area contributed by atoms with Crippen molar-refractivity contribution in [3.63, 3.8) is 0 Å². The second-order valence-corrected chi connectivity index (χ2v) is 7.23. The number of aliphatic hydroxyl groups is 1. The number of anilines is 2. The zero-order chi connectivity index (χ0) is 23.4. The van der Waals surface area contributed by atoms with E-state index in [1.807, 2.05) is 19.1 Å². The van der Waals surface area contributed by atoms with Crippen LogP contribution in [0.1, 0.15) is 15.9 Å². The number of hydrogen-bond donors (Lipinski definition) is 3. The number of aryl methyl sites for hydroxylation is 2. The molecule has 0 aliphatic rings. The summed E-state index contributed by atoms with van der Waals surface area (Å²) in [6.07, 6.45) is 1.63. The van der Waals surface area contributed by atoms with Crippen molar-refractivity contribution in [3.05, 3.63) is 75.0 Å². The summed E-state index contributed by atoms with van der Waals surface area (Å²) in [5.41, 5.74) is 2.23. The molecular formula is C22H24N6O4+. The second kappa shape index (κ2) is 9.40. The van der Waals surface area contributed by atoms with E-state index in [1.54, 1.807) is 25.4 Å². The molecule has 0 spiro atoms. The topological polar surface area (TPSA) is 134 Å². The van der Waals surface area contributed by atoms with Crippen molar-refractivity contribution in [2.75, 3.05) is 25.5 Å². The van der Waals surface area contributed by atoms with Crippen molar-refractivity contribution in [3.8, 4) is 11.3 Å². The molecule has 0 saturated heterocycles. The lowest BCUT2D eigenvalue weighted by Gasteiger charge is -2.16. The van der Waals surface area contributed by atoms with Gasteiger partial charge in [0.05, 0.1) is 17.2 Å². The van der Waals surface area contributed by atoms with Crippen LogP contribution in [0.2, 0.25) is 0 Å². The van der Waals surface area contributed by atoms with Crippen molar-refractivity contribution < 1.29 is 14.8 Å². The van der Waals surface area contributed by atoms with Gasteiger partial charge in [0.15, 0.2) is 10.7 Å². The number of aliphatic hydroxyl groups excluding tert-OH is 1. The van der Waals surface area contributed by atoms with E-state index < -0.39 is 5.91 Å². The normalized spacial score (nSPS) is 10.6. The summed E-state index contributed by atoms with van der Waals surface area (Å²) in [5, 5.41) is 12.0. The van der Waals surface area contributed by atoms with Gasteiger partial charge in [-0.2, -0.15) is 5.84 Å². The molecule has 0 fully saturated rings. The number of hydrogen-bond acceptors (Lipinski definition) is 6. The Balaban J connectivity index is 2.01. The largest absolute Gasteiger partial charge is 0.395 e. The fraction of sp³-hybridized carbons (Fsp3) is 0.227. The maximum atomic E-state index is 12.6. The molecule has 0 aliphatic heterocycles. The smallest absolute Gasteiger partial charge is 0.306 e. The van der Waals surface area contributed by atoms with E-state index in [9.17, 15) is 14.5 Å². The minimum Gasteiger partial charge on any atom is -0.395 e. The first-order valence-electron chi connectivity index (χ1n) is 9.77. The molecule has 32 heavy (non-hydrogen) atoms. The number of nitrogens with one attached hydrogen (secondary N) is 1. The molecule has 0 atom stereocenters. The molecule has 1 heterocycles. The Kier molecular flexibility index (Phi) is 6.64. The van der Waals surface area contributed by atoms with Crippen LogP contribution in [0, 0.1) is 17.9 Å². The molecule has 1 radical (unpaired) electrons.